The van der Waals surface area contributed by atoms with Gasteiger partial charge in [0, 0.05) is 31.7 Å². The number of rotatable bonds is 4. The highest BCUT2D eigenvalue weighted by atomic mass is 16.3. The van der Waals surface area contributed by atoms with Gasteiger partial charge in [0.1, 0.15) is 0 Å². The first kappa shape index (κ1) is 17.2. The fourth-order valence-electron chi connectivity index (χ4n) is 3.81. The second-order valence-electron chi connectivity index (χ2n) is 7.02. The molecule has 0 bridgehead atoms. The van der Waals surface area contributed by atoms with Crippen LogP contribution in [0, 0.1) is 0 Å². The number of urea groups is 1. The van der Waals surface area contributed by atoms with Gasteiger partial charge in [0.05, 0.1) is 18.8 Å². The topological polar surface area (TPSA) is 76.0 Å². The molecule has 2 aliphatic heterocycles. The van der Waals surface area contributed by atoms with E-state index in [1.165, 1.54) is 5.56 Å². The average Bonchev–Trinajstić information content (AvgIpc) is 3.11. The summed E-state index contributed by atoms with van der Waals surface area (Å²) in [6.07, 6.45) is 0.828. The normalized spacial score (nSPS) is 30.7. The molecule has 1 aromatic carbocycles. The summed E-state index contributed by atoms with van der Waals surface area (Å²) in [5.74, 6) is 0. The Morgan fingerprint density at radius 1 is 1.25 bits per heavy atom. The van der Waals surface area contributed by atoms with E-state index in [-0.39, 0.29) is 24.7 Å². The van der Waals surface area contributed by atoms with Crippen molar-refractivity contribution in [2.75, 3.05) is 19.7 Å². The fraction of sp³-hybridized carbons (Fsp3) is 0.611. The summed E-state index contributed by atoms with van der Waals surface area (Å²) in [6.45, 7) is 4.09. The van der Waals surface area contributed by atoms with Gasteiger partial charge in [-0.15, -0.1) is 0 Å². The molecule has 132 valence electrons. The molecule has 0 spiro atoms. The molecule has 0 unspecified atom stereocenters. The van der Waals surface area contributed by atoms with E-state index in [2.05, 4.69) is 29.3 Å². The average molecular weight is 333 g/mol. The number of carbonyl (C=O) groups is 1. The molecule has 3 N–H and O–H groups in total. The van der Waals surface area contributed by atoms with Gasteiger partial charge in [0.2, 0.25) is 0 Å². The lowest BCUT2D eigenvalue weighted by Crippen LogP contribution is -2.48. The third-order valence-corrected chi connectivity index (χ3v) is 5.12. The van der Waals surface area contributed by atoms with Gasteiger partial charge in [-0.1, -0.05) is 30.3 Å². The highest BCUT2D eigenvalue weighted by molar-refractivity contribution is 5.75. The van der Waals surface area contributed by atoms with E-state index in [4.69, 9.17) is 0 Å². The lowest BCUT2D eigenvalue weighted by atomic mass is 10.2. The van der Waals surface area contributed by atoms with Crippen LogP contribution in [0.5, 0.6) is 0 Å². The van der Waals surface area contributed by atoms with Crippen molar-refractivity contribution in [3.05, 3.63) is 35.9 Å². The van der Waals surface area contributed by atoms with Gasteiger partial charge in [-0.05, 0) is 25.3 Å². The van der Waals surface area contributed by atoms with Gasteiger partial charge in [0.25, 0.3) is 0 Å². The van der Waals surface area contributed by atoms with Crippen LogP contribution >= 0.6 is 0 Å². The van der Waals surface area contributed by atoms with E-state index in [0.717, 1.165) is 19.5 Å². The SMILES string of the molecule is C[C@H]1C[C@H](NC(=O)N2C[C@@H](O)C[C@H]2CO)CN1Cc1ccccc1. The standard InChI is InChI=1S/C18H27N3O3/c1-13-7-15(10-20(13)9-14-5-3-2-4-6-14)19-18(24)21-11-17(23)8-16(21)12-22/h2-6,13,15-17,22-23H,7-12H2,1H3,(H,19,24)/t13-,15-,16-,17-/m0/s1. The first-order valence-electron chi connectivity index (χ1n) is 8.71. The van der Waals surface area contributed by atoms with Crippen molar-refractivity contribution in [1.29, 1.82) is 0 Å². The van der Waals surface area contributed by atoms with Crippen LogP contribution in [0.2, 0.25) is 0 Å². The maximum absolute atomic E-state index is 12.5. The Balaban J connectivity index is 1.54. The lowest BCUT2D eigenvalue weighted by molar-refractivity contribution is 0.152. The molecule has 0 radical (unpaired) electrons. The summed E-state index contributed by atoms with van der Waals surface area (Å²) < 4.78 is 0. The summed E-state index contributed by atoms with van der Waals surface area (Å²) in [4.78, 5) is 16.4. The Labute approximate surface area is 143 Å². The molecule has 4 atom stereocenters. The van der Waals surface area contributed by atoms with Crippen molar-refractivity contribution in [2.45, 2.75) is 50.5 Å². The molecule has 2 aliphatic rings. The van der Waals surface area contributed by atoms with Crippen LogP contribution in [0.1, 0.15) is 25.3 Å². The third kappa shape index (κ3) is 3.88. The minimum Gasteiger partial charge on any atom is -0.394 e. The van der Waals surface area contributed by atoms with Gasteiger partial charge in [-0.25, -0.2) is 4.79 Å². The van der Waals surface area contributed by atoms with Crippen LogP contribution in [-0.4, -0.2) is 70.0 Å². The number of hydrogen-bond acceptors (Lipinski definition) is 4. The number of carbonyl (C=O) groups excluding carboxylic acids is 1. The number of aliphatic hydroxyl groups excluding tert-OH is 2. The molecule has 24 heavy (non-hydrogen) atoms. The first-order valence-corrected chi connectivity index (χ1v) is 8.71. The minimum absolute atomic E-state index is 0.105. The van der Waals surface area contributed by atoms with Crippen molar-refractivity contribution in [1.82, 2.24) is 15.1 Å². The Morgan fingerprint density at radius 2 is 2.00 bits per heavy atom. The molecule has 6 nitrogen and oxygen atoms in total. The Hall–Kier alpha value is -1.63. The van der Waals surface area contributed by atoms with Crippen molar-refractivity contribution >= 4 is 6.03 Å². The molecule has 2 fully saturated rings. The smallest absolute Gasteiger partial charge is 0.318 e. The summed E-state index contributed by atoms with van der Waals surface area (Å²) in [6, 6.07) is 10.4. The number of β-amino-alcohol motifs (C(OH)–C–C–N with tert-alkyl or cyclic N) is 1. The summed E-state index contributed by atoms with van der Waals surface area (Å²) >= 11 is 0. The summed E-state index contributed by atoms with van der Waals surface area (Å²) in [5, 5.41) is 22.2. The van der Waals surface area contributed by atoms with E-state index < -0.39 is 6.10 Å². The van der Waals surface area contributed by atoms with E-state index >= 15 is 0 Å². The van der Waals surface area contributed by atoms with E-state index in [1.807, 2.05) is 18.2 Å². The maximum atomic E-state index is 12.5. The molecule has 0 aliphatic carbocycles. The number of amides is 2. The highest BCUT2D eigenvalue weighted by Crippen LogP contribution is 2.22. The Kier molecular flexibility index (Phi) is 5.38. The Morgan fingerprint density at radius 3 is 2.71 bits per heavy atom. The van der Waals surface area contributed by atoms with Crippen molar-refractivity contribution in [3.8, 4) is 0 Å². The van der Waals surface area contributed by atoms with Crippen molar-refractivity contribution in [3.63, 3.8) is 0 Å². The molecule has 0 saturated carbocycles. The Bertz CT molecular complexity index is 554. The second kappa shape index (κ2) is 7.51. The zero-order valence-corrected chi connectivity index (χ0v) is 14.1. The number of nitrogens with zero attached hydrogens (tertiary/aromatic N) is 2. The zero-order chi connectivity index (χ0) is 17.1. The largest absolute Gasteiger partial charge is 0.394 e. The first-order chi connectivity index (χ1) is 11.6. The molecular weight excluding hydrogens is 306 g/mol. The maximum Gasteiger partial charge on any atom is 0.318 e. The number of aliphatic hydroxyl groups is 2. The summed E-state index contributed by atoms with van der Waals surface area (Å²) in [5.41, 5.74) is 1.28. The van der Waals surface area contributed by atoms with Crippen LogP contribution in [0.15, 0.2) is 30.3 Å². The fourth-order valence-corrected chi connectivity index (χ4v) is 3.81. The molecule has 3 rings (SSSR count). The highest BCUT2D eigenvalue weighted by Gasteiger charge is 2.36. The van der Waals surface area contributed by atoms with Crippen LogP contribution in [0.4, 0.5) is 4.79 Å². The van der Waals surface area contributed by atoms with E-state index in [1.54, 1.807) is 4.90 Å². The lowest BCUT2D eigenvalue weighted by Gasteiger charge is -2.25. The summed E-state index contributed by atoms with van der Waals surface area (Å²) in [7, 11) is 0. The quantitative estimate of drug-likeness (QED) is 0.761. The van der Waals surface area contributed by atoms with Crippen LogP contribution in [-0.2, 0) is 6.54 Å². The van der Waals surface area contributed by atoms with E-state index in [9.17, 15) is 15.0 Å². The molecular formula is C18H27N3O3. The number of nitrogens with one attached hydrogen (secondary N) is 1. The van der Waals surface area contributed by atoms with Crippen molar-refractivity contribution in [2.24, 2.45) is 0 Å². The van der Waals surface area contributed by atoms with Gasteiger partial charge in [-0.3, -0.25) is 4.90 Å². The van der Waals surface area contributed by atoms with Crippen LogP contribution < -0.4 is 5.32 Å². The second-order valence-corrected chi connectivity index (χ2v) is 7.02. The van der Waals surface area contributed by atoms with E-state index in [0.29, 0.717) is 19.0 Å². The van der Waals surface area contributed by atoms with Gasteiger partial charge >= 0.3 is 6.03 Å². The molecule has 0 aromatic heterocycles. The monoisotopic (exact) mass is 333 g/mol. The number of likely N-dealkylation sites (tertiary alicyclic amines) is 2. The zero-order valence-electron chi connectivity index (χ0n) is 14.1. The van der Waals surface area contributed by atoms with Gasteiger partial charge in [-0.2, -0.15) is 0 Å². The third-order valence-electron chi connectivity index (χ3n) is 5.12. The number of hydrogen-bond donors (Lipinski definition) is 3. The predicted molar refractivity (Wildman–Crippen MR) is 91.5 cm³/mol. The van der Waals surface area contributed by atoms with Crippen LogP contribution in [0.3, 0.4) is 0 Å². The molecule has 2 heterocycles. The molecule has 6 heteroatoms. The van der Waals surface area contributed by atoms with Gasteiger partial charge < -0.3 is 20.4 Å². The number of benzene rings is 1. The molecule has 1 aromatic rings. The van der Waals surface area contributed by atoms with Gasteiger partial charge in [0.15, 0.2) is 0 Å². The molecule has 2 amide bonds. The van der Waals surface area contributed by atoms with Crippen molar-refractivity contribution < 1.29 is 15.0 Å². The van der Waals surface area contributed by atoms with Crippen LogP contribution in [0.25, 0.3) is 0 Å². The predicted octanol–water partition coefficient (Wildman–Crippen LogP) is 0.786. The molecule has 2 saturated heterocycles. The minimum atomic E-state index is -0.537.